The number of hydrogen-bond acceptors (Lipinski definition) is 5. The molecule has 162 valence electrons. The van der Waals surface area contributed by atoms with E-state index in [0.717, 1.165) is 54.1 Å². The maximum absolute atomic E-state index is 13.4. The third-order valence-electron chi connectivity index (χ3n) is 6.02. The van der Waals surface area contributed by atoms with Crippen LogP contribution >= 0.6 is 11.3 Å². The molecule has 3 heterocycles. The fourth-order valence-electron chi connectivity index (χ4n) is 4.46. The monoisotopic (exact) mass is 444 g/mol. The number of amides is 1. The largest absolute Gasteiger partial charge is 0.336 e. The molecule has 0 bridgehead atoms. The fraction of sp³-hybridized carbons (Fsp3) is 0.409. The van der Waals surface area contributed by atoms with Gasteiger partial charge in [0.05, 0.1) is 11.9 Å². The lowest BCUT2D eigenvalue weighted by Crippen LogP contribution is -2.48. The second-order valence-electron chi connectivity index (χ2n) is 8.13. The maximum Gasteiger partial charge on any atom is 0.259 e. The Morgan fingerprint density at radius 2 is 1.77 bits per heavy atom. The Bertz CT molecular complexity index is 1190. The second kappa shape index (κ2) is 8.12. The summed E-state index contributed by atoms with van der Waals surface area (Å²) >= 11 is 1.63. The average molecular weight is 445 g/mol. The van der Waals surface area contributed by atoms with E-state index in [2.05, 4.69) is 9.88 Å². The van der Waals surface area contributed by atoms with Gasteiger partial charge in [-0.3, -0.25) is 14.5 Å². The van der Waals surface area contributed by atoms with Crippen molar-refractivity contribution in [1.82, 2.24) is 19.8 Å². The van der Waals surface area contributed by atoms with Crippen LogP contribution in [0.15, 0.2) is 23.0 Å². The summed E-state index contributed by atoms with van der Waals surface area (Å²) in [6.07, 6.45) is 4.25. The van der Waals surface area contributed by atoms with Crippen LogP contribution in [0.1, 0.15) is 39.5 Å². The number of hydrogen-bond donors (Lipinski definition) is 1. The SMILES string of the molecule is O=C(c1cc(F)cc(F)c1)N1CCN(Cc2nc3sc4c(c3c(=O)[nH]2)CCCC4)CC1. The third-order valence-corrected chi connectivity index (χ3v) is 7.20. The van der Waals surface area contributed by atoms with E-state index in [1.54, 1.807) is 16.2 Å². The van der Waals surface area contributed by atoms with Crippen LogP contribution in [0.25, 0.3) is 10.2 Å². The number of H-pyrrole nitrogens is 1. The standard InChI is InChI=1S/C22H22F2N4O2S/c23-14-9-13(10-15(24)11-14)22(30)28-7-5-27(6-8-28)12-18-25-20(29)19-16-3-1-2-4-17(16)31-21(19)26-18/h9-11H,1-8,12H2,(H,25,26,29). The summed E-state index contributed by atoms with van der Waals surface area (Å²) in [5.41, 5.74) is 1.12. The number of carbonyl (C=O) groups excluding carboxylic acids is 1. The minimum atomic E-state index is -0.761. The lowest BCUT2D eigenvalue weighted by atomic mass is 9.97. The zero-order valence-electron chi connectivity index (χ0n) is 16.9. The molecular formula is C22H22F2N4O2S. The zero-order valence-corrected chi connectivity index (χ0v) is 17.7. The van der Waals surface area contributed by atoms with Gasteiger partial charge in [-0.15, -0.1) is 11.3 Å². The Morgan fingerprint density at radius 1 is 1.06 bits per heavy atom. The molecule has 0 radical (unpaired) electrons. The van der Waals surface area contributed by atoms with Gasteiger partial charge >= 0.3 is 0 Å². The number of piperazine rings is 1. The molecule has 1 saturated heterocycles. The first-order valence-electron chi connectivity index (χ1n) is 10.5. The molecule has 5 rings (SSSR count). The van der Waals surface area contributed by atoms with E-state index < -0.39 is 11.6 Å². The van der Waals surface area contributed by atoms with Gasteiger partial charge in [-0.2, -0.15) is 0 Å². The van der Waals surface area contributed by atoms with Crippen molar-refractivity contribution in [2.45, 2.75) is 32.2 Å². The Morgan fingerprint density at radius 3 is 2.52 bits per heavy atom. The molecule has 2 aliphatic rings. The van der Waals surface area contributed by atoms with Crippen molar-refractivity contribution < 1.29 is 13.6 Å². The number of nitrogens with zero attached hydrogens (tertiary/aromatic N) is 3. The zero-order chi connectivity index (χ0) is 21.5. The molecule has 1 aliphatic carbocycles. The normalized spacial score (nSPS) is 17.2. The number of benzene rings is 1. The van der Waals surface area contributed by atoms with Crippen LogP contribution in [-0.2, 0) is 19.4 Å². The van der Waals surface area contributed by atoms with Crippen LogP contribution in [-0.4, -0.2) is 51.9 Å². The van der Waals surface area contributed by atoms with Crippen molar-refractivity contribution in [2.24, 2.45) is 0 Å². The molecule has 31 heavy (non-hydrogen) atoms. The molecule has 2 aromatic heterocycles. The summed E-state index contributed by atoms with van der Waals surface area (Å²) in [6.45, 7) is 2.55. The van der Waals surface area contributed by atoms with Crippen LogP contribution in [0.2, 0.25) is 0 Å². The summed E-state index contributed by atoms with van der Waals surface area (Å²) in [7, 11) is 0. The van der Waals surface area contributed by atoms with E-state index in [-0.39, 0.29) is 17.0 Å². The summed E-state index contributed by atoms with van der Waals surface area (Å²) in [5.74, 6) is -1.27. The first kappa shape index (κ1) is 20.3. The van der Waals surface area contributed by atoms with Gasteiger partial charge in [0.25, 0.3) is 11.5 Å². The van der Waals surface area contributed by atoms with Crippen molar-refractivity contribution in [3.63, 3.8) is 0 Å². The van der Waals surface area contributed by atoms with Crippen molar-refractivity contribution in [3.8, 4) is 0 Å². The molecule has 1 N–H and O–H groups in total. The quantitative estimate of drug-likeness (QED) is 0.674. The summed E-state index contributed by atoms with van der Waals surface area (Å²) < 4.78 is 26.8. The minimum absolute atomic E-state index is 0.0176. The average Bonchev–Trinajstić information content (AvgIpc) is 3.12. The Hall–Kier alpha value is -2.65. The van der Waals surface area contributed by atoms with Crippen LogP contribution in [0.5, 0.6) is 0 Å². The van der Waals surface area contributed by atoms with Crippen molar-refractivity contribution in [3.05, 3.63) is 62.0 Å². The smallest absolute Gasteiger partial charge is 0.259 e. The Kier molecular flexibility index (Phi) is 5.31. The molecule has 1 amide bonds. The topological polar surface area (TPSA) is 69.3 Å². The summed E-state index contributed by atoms with van der Waals surface area (Å²) in [4.78, 5) is 38.7. The molecule has 0 spiro atoms. The van der Waals surface area contributed by atoms with Gasteiger partial charge in [0, 0.05) is 42.7 Å². The highest BCUT2D eigenvalue weighted by atomic mass is 32.1. The van der Waals surface area contributed by atoms with Gasteiger partial charge in [0.1, 0.15) is 22.3 Å². The minimum Gasteiger partial charge on any atom is -0.336 e. The Balaban J connectivity index is 1.27. The molecule has 1 aromatic carbocycles. The van der Waals surface area contributed by atoms with Crippen LogP contribution < -0.4 is 5.56 Å². The molecule has 1 fully saturated rings. The molecule has 1 aliphatic heterocycles. The molecule has 0 atom stereocenters. The van der Waals surface area contributed by atoms with Crippen molar-refractivity contribution in [2.75, 3.05) is 26.2 Å². The number of carbonyl (C=O) groups is 1. The number of halogens is 2. The van der Waals surface area contributed by atoms with Gasteiger partial charge in [0.15, 0.2) is 0 Å². The van der Waals surface area contributed by atoms with Crippen molar-refractivity contribution in [1.29, 1.82) is 0 Å². The van der Waals surface area contributed by atoms with Crippen molar-refractivity contribution >= 4 is 27.5 Å². The van der Waals surface area contributed by atoms with Crippen LogP contribution in [0.4, 0.5) is 8.78 Å². The number of aromatic nitrogens is 2. The number of aryl methyl sites for hydroxylation is 2. The number of thiophene rings is 1. The molecule has 9 heteroatoms. The van der Waals surface area contributed by atoms with Gasteiger partial charge in [0.2, 0.25) is 0 Å². The lowest BCUT2D eigenvalue weighted by Gasteiger charge is -2.34. The number of nitrogens with one attached hydrogen (secondary N) is 1. The van der Waals surface area contributed by atoms with E-state index in [0.29, 0.717) is 38.5 Å². The van der Waals surface area contributed by atoms with Crippen LogP contribution in [0.3, 0.4) is 0 Å². The van der Waals surface area contributed by atoms with E-state index in [1.807, 2.05) is 0 Å². The predicted molar refractivity (Wildman–Crippen MR) is 114 cm³/mol. The summed E-state index contributed by atoms with van der Waals surface area (Å²) in [5, 5.41) is 0.751. The predicted octanol–water partition coefficient (Wildman–Crippen LogP) is 3.10. The van der Waals surface area contributed by atoms with E-state index >= 15 is 0 Å². The van der Waals surface area contributed by atoms with Crippen LogP contribution in [0, 0.1) is 11.6 Å². The Labute approximate surface area is 181 Å². The summed E-state index contributed by atoms with van der Waals surface area (Å²) in [6, 6.07) is 2.87. The third kappa shape index (κ3) is 3.99. The molecule has 0 unspecified atom stereocenters. The number of rotatable bonds is 3. The van der Waals surface area contributed by atoms with Gasteiger partial charge in [-0.05, 0) is 43.4 Å². The molecule has 3 aromatic rings. The highest BCUT2D eigenvalue weighted by molar-refractivity contribution is 7.18. The highest BCUT2D eigenvalue weighted by Gasteiger charge is 2.24. The highest BCUT2D eigenvalue weighted by Crippen LogP contribution is 2.33. The van der Waals surface area contributed by atoms with E-state index in [4.69, 9.17) is 4.98 Å². The van der Waals surface area contributed by atoms with Gasteiger partial charge in [-0.25, -0.2) is 13.8 Å². The first-order valence-corrected chi connectivity index (χ1v) is 11.3. The van der Waals surface area contributed by atoms with E-state index in [9.17, 15) is 18.4 Å². The van der Waals surface area contributed by atoms with E-state index in [1.165, 1.54) is 10.4 Å². The molecule has 0 saturated carbocycles. The lowest BCUT2D eigenvalue weighted by molar-refractivity contribution is 0.0624. The maximum atomic E-state index is 13.4. The second-order valence-corrected chi connectivity index (χ2v) is 9.21. The fourth-order valence-corrected chi connectivity index (χ4v) is 5.75. The number of aromatic amines is 1. The van der Waals surface area contributed by atoms with Gasteiger partial charge < -0.3 is 9.88 Å². The molecule has 6 nitrogen and oxygen atoms in total. The first-order chi connectivity index (χ1) is 15.0. The number of fused-ring (bicyclic) bond motifs is 3. The van der Waals surface area contributed by atoms with Gasteiger partial charge in [-0.1, -0.05) is 0 Å². The molecular weight excluding hydrogens is 422 g/mol.